The van der Waals surface area contributed by atoms with Crippen molar-refractivity contribution in [3.8, 4) is 0 Å². The maximum Gasteiger partial charge on any atom is 0.139 e. The Bertz CT molecular complexity index is 254. The summed E-state index contributed by atoms with van der Waals surface area (Å²) in [6.45, 7) is 12.6. The summed E-state index contributed by atoms with van der Waals surface area (Å²) in [5.41, 5.74) is -0.350. The molecule has 0 saturated heterocycles. The summed E-state index contributed by atoms with van der Waals surface area (Å²) in [4.78, 5) is 11.7. The van der Waals surface area contributed by atoms with Crippen molar-refractivity contribution in [2.45, 2.75) is 40.0 Å². The smallest absolute Gasteiger partial charge is 0.139 e. The van der Waals surface area contributed by atoms with E-state index in [0.717, 1.165) is 12.8 Å². The van der Waals surface area contributed by atoms with Gasteiger partial charge in [0.15, 0.2) is 0 Å². The molecule has 0 heterocycles. The third kappa shape index (κ3) is 0.571. The predicted octanol–water partition coefficient (Wildman–Crippen LogP) is 2.48. The molecule has 2 atom stereocenters. The number of hydrogen-bond acceptors (Lipinski definition) is 1. The lowest BCUT2D eigenvalue weighted by atomic mass is 9.66. The van der Waals surface area contributed by atoms with Crippen LogP contribution in [0.2, 0.25) is 0 Å². The Balaban J connectivity index is 2.56. The van der Waals surface area contributed by atoms with Crippen molar-refractivity contribution >= 4 is 5.78 Å². The molecule has 1 nitrogen and oxygen atoms in total. The van der Waals surface area contributed by atoms with Crippen LogP contribution in [0.3, 0.4) is 0 Å². The van der Waals surface area contributed by atoms with E-state index in [9.17, 15) is 4.79 Å². The summed E-state index contributed by atoms with van der Waals surface area (Å²) in [5, 5.41) is 0. The van der Waals surface area contributed by atoms with Gasteiger partial charge in [-0.3, -0.25) is 4.79 Å². The molecule has 0 aromatic heterocycles. The lowest BCUT2D eigenvalue weighted by Gasteiger charge is -2.37. The van der Waals surface area contributed by atoms with Crippen molar-refractivity contribution in [1.82, 2.24) is 0 Å². The van der Waals surface area contributed by atoms with Crippen LogP contribution in [-0.4, -0.2) is 5.78 Å². The largest absolute Gasteiger partial charge is 0.299 e. The molecule has 0 aliphatic heterocycles. The molecule has 0 N–H and O–H groups in total. The van der Waals surface area contributed by atoms with Crippen LogP contribution in [0.4, 0.5) is 0 Å². The SMILES string of the molecule is [CH]C12CCC(C)(C(=O)C1)C2(C)C. The first-order chi connectivity index (χ1) is 5.33. The molecule has 2 rings (SSSR count). The number of rotatable bonds is 0. The first kappa shape index (κ1) is 8.28. The number of Topliss-reactive ketones (excluding diaryl/α,β-unsaturated/α-hetero) is 1. The van der Waals surface area contributed by atoms with Gasteiger partial charge in [0.1, 0.15) is 5.78 Å². The molecule has 2 fully saturated rings. The van der Waals surface area contributed by atoms with Crippen LogP contribution in [0.1, 0.15) is 40.0 Å². The Morgan fingerprint density at radius 3 is 2.00 bits per heavy atom. The highest BCUT2D eigenvalue weighted by molar-refractivity contribution is 5.90. The molecule has 2 saturated carbocycles. The van der Waals surface area contributed by atoms with Gasteiger partial charge in [0.2, 0.25) is 0 Å². The molecule has 2 unspecified atom stereocenters. The molecule has 0 amide bonds. The fourth-order valence-electron chi connectivity index (χ4n) is 2.93. The zero-order valence-electron chi connectivity index (χ0n) is 8.11. The second kappa shape index (κ2) is 1.78. The summed E-state index contributed by atoms with van der Waals surface area (Å²) in [7, 11) is 0. The van der Waals surface area contributed by atoms with E-state index >= 15 is 0 Å². The molecule has 2 radical (unpaired) electrons. The van der Waals surface area contributed by atoms with Crippen LogP contribution in [0.15, 0.2) is 0 Å². The topological polar surface area (TPSA) is 17.1 Å². The first-order valence-corrected chi connectivity index (χ1v) is 4.66. The van der Waals surface area contributed by atoms with Crippen LogP contribution in [0.5, 0.6) is 0 Å². The van der Waals surface area contributed by atoms with Gasteiger partial charge >= 0.3 is 0 Å². The van der Waals surface area contributed by atoms with Crippen molar-refractivity contribution in [1.29, 1.82) is 0 Å². The summed E-state index contributed by atoms with van der Waals surface area (Å²) < 4.78 is 0. The lowest BCUT2D eigenvalue weighted by Crippen LogP contribution is -2.34. The first-order valence-electron chi connectivity index (χ1n) is 4.66. The zero-order valence-corrected chi connectivity index (χ0v) is 8.11. The molecule has 12 heavy (non-hydrogen) atoms. The molecule has 2 aliphatic carbocycles. The van der Waals surface area contributed by atoms with Gasteiger partial charge in [0, 0.05) is 11.8 Å². The quantitative estimate of drug-likeness (QED) is 0.537. The van der Waals surface area contributed by atoms with Gasteiger partial charge in [-0.2, -0.15) is 0 Å². The molecule has 66 valence electrons. The van der Waals surface area contributed by atoms with Gasteiger partial charge in [-0.15, -0.1) is 0 Å². The minimum atomic E-state index is -0.209. The van der Waals surface area contributed by atoms with Gasteiger partial charge in [-0.05, 0) is 30.6 Å². The van der Waals surface area contributed by atoms with Crippen LogP contribution in [-0.2, 0) is 4.79 Å². The van der Waals surface area contributed by atoms with Gasteiger partial charge in [-0.25, -0.2) is 0 Å². The summed E-state index contributed by atoms with van der Waals surface area (Å²) in [6, 6.07) is 0. The molecule has 0 aromatic carbocycles. The summed E-state index contributed by atoms with van der Waals surface area (Å²) in [6.07, 6.45) is 2.59. The number of hydrogen-bond donors (Lipinski definition) is 0. The zero-order chi connectivity index (χ0) is 9.20. The van der Waals surface area contributed by atoms with E-state index in [4.69, 9.17) is 6.92 Å². The van der Waals surface area contributed by atoms with Crippen LogP contribution in [0.25, 0.3) is 0 Å². The van der Waals surface area contributed by atoms with E-state index in [0.29, 0.717) is 12.2 Å². The average Bonchev–Trinajstić information content (AvgIpc) is 2.18. The average molecular weight is 164 g/mol. The Morgan fingerprint density at radius 1 is 1.25 bits per heavy atom. The number of fused-ring (bicyclic) bond motifs is 2. The van der Waals surface area contributed by atoms with E-state index < -0.39 is 0 Å². The standard InChI is InChI=1S/C11H16O/c1-9(2)10(3)5-6-11(9,4)8(12)7-10/h3H,5-7H2,1-2,4H3. The normalized spacial score (nSPS) is 50.2. The molecule has 0 spiro atoms. The summed E-state index contributed by atoms with van der Waals surface area (Å²) >= 11 is 0. The monoisotopic (exact) mass is 164 g/mol. The van der Waals surface area contributed by atoms with Crippen molar-refractivity contribution in [2.75, 3.05) is 0 Å². The number of carbonyl (C=O) groups excluding carboxylic acids is 1. The highest BCUT2D eigenvalue weighted by atomic mass is 16.1. The van der Waals surface area contributed by atoms with E-state index in [1.165, 1.54) is 0 Å². The predicted molar refractivity (Wildman–Crippen MR) is 47.5 cm³/mol. The summed E-state index contributed by atoms with van der Waals surface area (Å²) in [5.74, 6) is 0.376. The van der Waals surface area contributed by atoms with Crippen molar-refractivity contribution in [3.63, 3.8) is 0 Å². The number of ketones is 1. The fourth-order valence-corrected chi connectivity index (χ4v) is 2.93. The molecule has 2 bridgehead atoms. The Labute approximate surface area is 74.5 Å². The lowest BCUT2D eigenvalue weighted by molar-refractivity contribution is -0.128. The van der Waals surface area contributed by atoms with Crippen LogP contribution in [0, 0.1) is 23.2 Å². The Morgan fingerprint density at radius 2 is 1.83 bits per heavy atom. The van der Waals surface area contributed by atoms with Gasteiger partial charge < -0.3 is 0 Å². The third-order valence-corrected chi connectivity index (χ3v) is 4.79. The van der Waals surface area contributed by atoms with Gasteiger partial charge in [0.05, 0.1) is 0 Å². The number of carbonyl (C=O) groups is 1. The van der Waals surface area contributed by atoms with Crippen LogP contribution < -0.4 is 0 Å². The fraction of sp³-hybridized carbons (Fsp3) is 0.818. The van der Waals surface area contributed by atoms with Gasteiger partial charge in [0.25, 0.3) is 0 Å². The van der Waals surface area contributed by atoms with Crippen molar-refractivity contribution in [2.24, 2.45) is 16.2 Å². The van der Waals surface area contributed by atoms with Gasteiger partial charge in [-0.1, -0.05) is 20.8 Å². The maximum absolute atomic E-state index is 11.7. The van der Waals surface area contributed by atoms with E-state index in [1.54, 1.807) is 0 Å². The highest BCUT2D eigenvalue weighted by Gasteiger charge is 2.67. The highest BCUT2D eigenvalue weighted by Crippen LogP contribution is 2.69. The molecule has 2 aliphatic rings. The molecular formula is C11H16O. The van der Waals surface area contributed by atoms with E-state index in [2.05, 4.69) is 20.8 Å². The minimum Gasteiger partial charge on any atom is -0.299 e. The maximum atomic E-state index is 11.7. The second-order valence-electron chi connectivity index (χ2n) is 5.21. The van der Waals surface area contributed by atoms with Crippen LogP contribution >= 0.6 is 0 Å². The van der Waals surface area contributed by atoms with E-state index in [1.807, 2.05) is 0 Å². The Hall–Kier alpha value is -0.330. The molecular weight excluding hydrogens is 148 g/mol. The van der Waals surface area contributed by atoms with E-state index in [-0.39, 0.29) is 16.2 Å². The molecule has 0 aromatic rings. The second-order valence-corrected chi connectivity index (χ2v) is 5.21. The van der Waals surface area contributed by atoms with Crippen molar-refractivity contribution in [3.05, 3.63) is 6.92 Å². The van der Waals surface area contributed by atoms with Crippen molar-refractivity contribution < 1.29 is 4.79 Å². The third-order valence-electron chi connectivity index (χ3n) is 4.79. The Kier molecular flexibility index (Phi) is 1.23. The molecule has 1 heteroatoms. The minimum absolute atomic E-state index is 0.00289.